The summed E-state index contributed by atoms with van der Waals surface area (Å²) < 4.78 is 16.9. The lowest BCUT2D eigenvalue weighted by Gasteiger charge is -2.18. The molecular weight excluding hydrogens is 805 g/mol. The van der Waals surface area contributed by atoms with Crippen LogP contribution in [0.4, 0.5) is 0 Å². The Balaban J connectivity index is 4.27. The fourth-order valence-electron chi connectivity index (χ4n) is 9.07. The van der Waals surface area contributed by atoms with Gasteiger partial charge in [-0.3, -0.25) is 14.4 Å². The topological polar surface area (TPSA) is 78.9 Å². The van der Waals surface area contributed by atoms with E-state index in [2.05, 4.69) is 27.7 Å². The summed E-state index contributed by atoms with van der Waals surface area (Å²) in [5.41, 5.74) is 0. The average molecular weight is 920 g/mol. The number of esters is 3. The van der Waals surface area contributed by atoms with Gasteiger partial charge in [-0.15, -0.1) is 0 Å². The summed E-state index contributed by atoms with van der Waals surface area (Å²) in [6.45, 7) is 9.10. The van der Waals surface area contributed by atoms with E-state index in [9.17, 15) is 14.4 Å². The maximum Gasteiger partial charge on any atom is 0.306 e. The number of carbonyl (C=O) groups excluding carboxylic acids is 3. The summed E-state index contributed by atoms with van der Waals surface area (Å²) in [6.07, 6.45) is 58.0. The average Bonchev–Trinajstić information content (AvgIpc) is 3.30. The Hall–Kier alpha value is -1.59. The maximum absolute atomic E-state index is 12.8. The third-order valence-corrected chi connectivity index (χ3v) is 13.9. The van der Waals surface area contributed by atoms with Gasteiger partial charge in [-0.25, -0.2) is 0 Å². The van der Waals surface area contributed by atoms with Crippen molar-refractivity contribution in [2.24, 2.45) is 5.92 Å². The van der Waals surface area contributed by atoms with Crippen LogP contribution in [-0.4, -0.2) is 37.2 Å². The third kappa shape index (κ3) is 51.6. The first kappa shape index (κ1) is 63.4. The summed E-state index contributed by atoms with van der Waals surface area (Å²) in [7, 11) is 0. The zero-order valence-corrected chi connectivity index (χ0v) is 44.5. The van der Waals surface area contributed by atoms with Crippen molar-refractivity contribution in [3.8, 4) is 0 Å². The van der Waals surface area contributed by atoms with Gasteiger partial charge in [-0.2, -0.15) is 0 Å². The molecule has 0 aliphatic rings. The molecule has 65 heavy (non-hydrogen) atoms. The summed E-state index contributed by atoms with van der Waals surface area (Å²) in [5, 5.41) is 0. The van der Waals surface area contributed by atoms with Crippen LogP contribution in [0, 0.1) is 5.92 Å². The number of hydrogen-bond donors (Lipinski definition) is 0. The predicted octanol–water partition coefficient (Wildman–Crippen LogP) is 19.4. The van der Waals surface area contributed by atoms with Crippen LogP contribution in [0.1, 0.15) is 336 Å². The Morgan fingerprint density at radius 1 is 0.308 bits per heavy atom. The Morgan fingerprint density at radius 3 is 0.800 bits per heavy atom. The van der Waals surface area contributed by atoms with Crippen molar-refractivity contribution >= 4 is 17.9 Å². The fraction of sp³-hybridized carbons (Fsp3) is 0.949. The fourth-order valence-corrected chi connectivity index (χ4v) is 9.07. The van der Waals surface area contributed by atoms with E-state index < -0.39 is 6.10 Å². The summed E-state index contributed by atoms with van der Waals surface area (Å²) in [4.78, 5) is 38.1. The lowest BCUT2D eigenvalue weighted by atomic mass is 9.99. The summed E-state index contributed by atoms with van der Waals surface area (Å²) in [6, 6.07) is 0. The Kier molecular flexibility index (Phi) is 52.1. The van der Waals surface area contributed by atoms with E-state index in [1.54, 1.807) is 0 Å². The van der Waals surface area contributed by atoms with Crippen LogP contribution in [0.25, 0.3) is 0 Å². The molecule has 0 fully saturated rings. The zero-order valence-electron chi connectivity index (χ0n) is 44.5. The maximum atomic E-state index is 12.8. The first-order valence-corrected chi connectivity index (χ1v) is 29.4. The molecule has 2 atom stereocenters. The van der Waals surface area contributed by atoms with Gasteiger partial charge in [0, 0.05) is 19.3 Å². The lowest BCUT2D eigenvalue weighted by molar-refractivity contribution is -0.167. The van der Waals surface area contributed by atoms with Crippen molar-refractivity contribution < 1.29 is 28.6 Å². The van der Waals surface area contributed by atoms with E-state index in [0.717, 1.165) is 63.7 Å². The second-order valence-corrected chi connectivity index (χ2v) is 20.5. The molecule has 0 amide bonds. The van der Waals surface area contributed by atoms with E-state index in [1.165, 1.54) is 231 Å². The van der Waals surface area contributed by atoms with Gasteiger partial charge >= 0.3 is 17.9 Å². The molecule has 1 unspecified atom stereocenters. The second-order valence-electron chi connectivity index (χ2n) is 20.5. The lowest BCUT2D eigenvalue weighted by Crippen LogP contribution is -2.30. The van der Waals surface area contributed by atoms with Gasteiger partial charge in [0.05, 0.1) is 0 Å². The molecule has 0 aliphatic heterocycles. The highest BCUT2D eigenvalue weighted by atomic mass is 16.6. The molecule has 0 bridgehead atoms. The van der Waals surface area contributed by atoms with E-state index >= 15 is 0 Å². The van der Waals surface area contributed by atoms with Crippen molar-refractivity contribution in [1.29, 1.82) is 0 Å². The van der Waals surface area contributed by atoms with Crippen molar-refractivity contribution in [1.82, 2.24) is 0 Å². The number of carbonyl (C=O) groups is 3. The molecule has 0 saturated heterocycles. The first-order valence-electron chi connectivity index (χ1n) is 29.4. The van der Waals surface area contributed by atoms with Crippen LogP contribution in [0.15, 0.2) is 0 Å². The van der Waals surface area contributed by atoms with Crippen molar-refractivity contribution in [2.75, 3.05) is 13.2 Å². The SMILES string of the molecule is CCCCCCCCCCCCCCCCCCC(=O)OC[C@@H](COC(=O)CCCCCCCCCCCCCCCCC(C)CC)OC(=O)CCCCCCCCCCCCCCC. The highest BCUT2D eigenvalue weighted by molar-refractivity contribution is 5.71. The molecule has 6 nitrogen and oxygen atoms in total. The minimum atomic E-state index is -0.761. The van der Waals surface area contributed by atoms with Crippen molar-refractivity contribution in [2.45, 2.75) is 342 Å². The highest BCUT2D eigenvalue weighted by Crippen LogP contribution is 2.18. The quantitative estimate of drug-likeness (QED) is 0.0344. The van der Waals surface area contributed by atoms with E-state index in [0.29, 0.717) is 19.3 Å². The Morgan fingerprint density at radius 2 is 0.538 bits per heavy atom. The molecule has 0 heterocycles. The standard InChI is InChI=1S/C59H114O6/c1-5-8-10-12-14-16-18-20-21-22-27-30-34-38-42-46-50-57(60)63-53-56(65-59(62)52-48-44-40-36-32-25-19-17-15-13-11-9-6-2)54-64-58(61)51-47-43-39-35-31-28-24-23-26-29-33-37-41-45-49-55(4)7-3/h55-56H,5-54H2,1-4H3/t55?,56-/m0/s1. The summed E-state index contributed by atoms with van der Waals surface area (Å²) in [5.74, 6) is 0.0620. The normalized spacial score (nSPS) is 12.4. The van der Waals surface area contributed by atoms with Gasteiger partial charge in [0.1, 0.15) is 13.2 Å². The minimum Gasteiger partial charge on any atom is -0.462 e. The molecular formula is C59H114O6. The van der Waals surface area contributed by atoms with Gasteiger partial charge in [-0.05, 0) is 25.2 Å². The first-order chi connectivity index (χ1) is 31.9. The smallest absolute Gasteiger partial charge is 0.306 e. The molecule has 0 spiro atoms. The Bertz CT molecular complexity index is 982. The largest absolute Gasteiger partial charge is 0.462 e. The molecule has 0 aliphatic carbocycles. The van der Waals surface area contributed by atoms with E-state index in [1.807, 2.05) is 0 Å². The van der Waals surface area contributed by atoms with Crippen LogP contribution in [0.5, 0.6) is 0 Å². The van der Waals surface area contributed by atoms with Gasteiger partial charge in [-0.1, -0.05) is 297 Å². The molecule has 0 saturated carbocycles. The van der Waals surface area contributed by atoms with Crippen LogP contribution >= 0.6 is 0 Å². The van der Waals surface area contributed by atoms with Gasteiger partial charge in [0.2, 0.25) is 0 Å². The van der Waals surface area contributed by atoms with Crippen molar-refractivity contribution in [3.05, 3.63) is 0 Å². The van der Waals surface area contributed by atoms with Gasteiger partial charge in [0.15, 0.2) is 6.10 Å². The summed E-state index contributed by atoms with van der Waals surface area (Å²) >= 11 is 0. The number of ether oxygens (including phenoxy) is 3. The molecule has 0 rings (SSSR count). The molecule has 0 aromatic rings. The van der Waals surface area contributed by atoms with Gasteiger partial charge in [0.25, 0.3) is 0 Å². The zero-order chi connectivity index (χ0) is 47.4. The van der Waals surface area contributed by atoms with Gasteiger partial charge < -0.3 is 14.2 Å². The van der Waals surface area contributed by atoms with Crippen LogP contribution < -0.4 is 0 Å². The monoisotopic (exact) mass is 919 g/mol. The molecule has 386 valence electrons. The van der Waals surface area contributed by atoms with E-state index in [4.69, 9.17) is 14.2 Å². The molecule has 0 aromatic carbocycles. The number of rotatable bonds is 54. The molecule has 0 N–H and O–H groups in total. The minimum absolute atomic E-state index is 0.0617. The molecule has 6 heteroatoms. The Labute approximate surface area is 406 Å². The van der Waals surface area contributed by atoms with Crippen LogP contribution in [0.3, 0.4) is 0 Å². The van der Waals surface area contributed by atoms with Crippen LogP contribution in [0.2, 0.25) is 0 Å². The second kappa shape index (κ2) is 53.4. The predicted molar refractivity (Wildman–Crippen MR) is 280 cm³/mol. The number of unbranched alkanes of at least 4 members (excludes halogenated alkanes) is 40. The third-order valence-electron chi connectivity index (χ3n) is 13.9. The molecule has 0 radical (unpaired) electrons. The van der Waals surface area contributed by atoms with Crippen molar-refractivity contribution in [3.63, 3.8) is 0 Å². The number of hydrogen-bond acceptors (Lipinski definition) is 6. The molecule has 0 aromatic heterocycles. The van der Waals surface area contributed by atoms with E-state index in [-0.39, 0.29) is 31.1 Å². The highest BCUT2D eigenvalue weighted by Gasteiger charge is 2.19. The van der Waals surface area contributed by atoms with Crippen LogP contribution in [-0.2, 0) is 28.6 Å².